The van der Waals surface area contributed by atoms with Crippen LogP contribution in [0.4, 0.5) is 5.69 Å². The molecule has 4 heterocycles. The highest BCUT2D eigenvalue weighted by molar-refractivity contribution is 7.92. The van der Waals surface area contributed by atoms with Crippen molar-refractivity contribution in [2.75, 3.05) is 4.72 Å². The Bertz CT molecular complexity index is 1470. The zero-order valence-corrected chi connectivity index (χ0v) is 16.8. The Morgan fingerprint density at radius 1 is 0.806 bits per heavy atom. The topological polar surface area (TPSA) is 115 Å². The first-order valence-corrected chi connectivity index (χ1v) is 10.7. The quantitative estimate of drug-likeness (QED) is 0.456. The van der Waals surface area contributed by atoms with E-state index in [9.17, 15) is 8.42 Å². The van der Waals surface area contributed by atoms with Gasteiger partial charge in [0.05, 0.1) is 5.69 Å². The molecule has 0 atom stereocenters. The average Bonchev–Trinajstić information content (AvgIpc) is 3.23. The molecule has 4 aromatic heterocycles. The maximum Gasteiger partial charge on any atom is 0.263 e. The fourth-order valence-corrected chi connectivity index (χ4v) is 4.09. The molecule has 0 aliphatic carbocycles. The lowest BCUT2D eigenvalue weighted by Crippen LogP contribution is -2.13. The molecule has 5 aromatic rings. The Kier molecular flexibility index (Phi) is 4.60. The van der Waals surface area contributed by atoms with Crippen molar-refractivity contribution in [2.45, 2.75) is 4.90 Å². The van der Waals surface area contributed by atoms with Crippen LogP contribution in [-0.4, -0.2) is 38.2 Å². The molecule has 152 valence electrons. The van der Waals surface area contributed by atoms with Gasteiger partial charge in [-0.15, -0.1) is 10.2 Å². The summed E-state index contributed by atoms with van der Waals surface area (Å²) in [6, 6.07) is 17.4. The molecule has 0 aliphatic rings. The minimum atomic E-state index is -3.75. The van der Waals surface area contributed by atoms with Crippen molar-refractivity contribution in [1.29, 1.82) is 0 Å². The minimum Gasteiger partial charge on any atom is -0.280 e. The van der Waals surface area contributed by atoms with Crippen molar-refractivity contribution in [1.82, 2.24) is 29.8 Å². The van der Waals surface area contributed by atoms with Crippen LogP contribution in [0, 0.1) is 0 Å². The Labute approximate surface area is 177 Å². The van der Waals surface area contributed by atoms with Crippen molar-refractivity contribution in [3.8, 4) is 22.6 Å². The number of sulfonamides is 1. The summed E-state index contributed by atoms with van der Waals surface area (Å²) in [4.78, 5) is 8.08. The SMILES string of the molecule is O=S(=O)(Nc1cccc(-c2ccc3nnc(-c4cccnc4)n3n2)c1)c1cccnc1. The molecule has 1 N–H and O–H groups in total. The van der Waals surface area contributed by atoms with Crippen LogP contribution >= 0.6 is 0 Å². The van der Waals surface area contributed by atoms with E-state index in [4.69, 9.17) is 0 Å². The number of nitrogens with zero attached hydrogens (tertiary/aromatic N) is 6. The first kappa shape index (κ1) is 18.8. The van der Waals surface area contributed by atoms with Gasteiger partial charge in [0.1, 0.15) is 4.90 Å². The van der Waals surface area contributed by atoms with Gasteiger partial charge in [0, 0.05) is 41.6 Å². The highest BCUT2D eigenvalue weighted by Gasteiger charge is 2.15. The van der Waals surface area contributed by atoms with E-state index in [0.29, 0.717) is 22.9 Å². The molecule has 0 aliphatic heterocycles. The zero-order valence-electron chi connectivity index (χ0n) is 16.0. The summed E-state index contributed by atoms with van der Waals surface area (Å²) >= 11 is 0. The highest BCUT2D eigenvalue weighted by Crippen LogP contribution is 2.24. The van der Waals surface area contributed by atoms with Crippen molar-refractivity contribution in [2.24, 2.45) is 0 Å². The first-order valence-electron chi connectivity index (χ1n) is 9.26. The van der Waals surface area contributed by atoms with Crippen molar-refractivity contribution in [3.63, 3.8) is 0 Å². The lowest BCUT2D eigenvalue weighted by atomic mass is 10.1. The van der Waals surface area contributed by atoms with Crippen LogP contribution in [0.3, 0.4) is 0 Å². The molecular formula is C21H15N7O2S. The number of hydrogen-bond donors (Lipinski definition) is 1. The Hall–Kier alpha value is -4.18. The van der Waals surface area contributed by atoms with Crippen LogP contribution < -0.4 is 4.72 Å². The molecule has 9 nitrogen and oxygen atoms in total. The number of fused-ring (bicyclic) bond motifs is 1. The van der Waals surface area contributed by atoms with Gasteiger partial charge in [-0.25, -0.2) is 8.42 Å². The summed E-state index contributed by atoms with van der Waals surface area (Å²) in [6.07, 6.45) is 6.20. The largest absolute Gasteiger partial charge is 0.280 e. The molecule has 0 bridgehead atoms. The van der Waals surface area contributed by atoms with E-state index in [-0.39, 0.29) is 4.90 Å². The van der Waals surface area contributed by atoms with Gasteiger partial charge in [-0.05, 0) is 48.5 Å². The van der Waals surface area contributed by atoms with Gasteiger partial charge >= 0.3 is 0 Å². The van der Waals surface area contributed by atoms with Crippen LogP contribution in [0.25, 0.3) is 28.3 Å². The highest BCUT2D eigenvalue weighted by atomic mass is 32.2. The Balaban J connectivity index is 1.51. The van der Waals surface area contributed by atoms with E-state index in [1.54, 1.807) is 41.2 Å². The standard InChI is InChI=1S/C21H15N7O2S/c29-31(30,18-7-3-11-23-14-18)27-17-6-1-4-15(12-17)19-8-9-20-24-25-21(28(20)26-19)16-5-2-10-22-13-16/h1-14,27H. The summed E-state index contributed by atoms with van der Waals surface area (Å²) in [6.45, 7) is 0. The molecule has 1 aromatic carbocycles. The van der Waals surface area contributed by atoms with Crippen LogP contribution in [0.1, 0.15) is 0 Å². The number of rotatable bonds is 5. The summed E-state index contributed by atoms with van der Waals surface area (Å²) in [5.41, 5.74) is 3.17. The third-order valence-corrected chi connectivity index (χ3v) is 5.90. The number of benzene rings is 1. The van der Waals surface area contributed by atoms with Crippen LogP contribution in [0.15, 0.2) is 90.3 Å². The Morgan fingerprint density at radius 3 is 2.39 bits per heavy atom. The predicted molar refractivity (Wildman–Crippen MR) is 114 cm³/mol. The summed E-state index contributed by atoms with van der Waals surface area (Å²) in [5, 5.41) is 13.0. The van der Waals surface area contributed by atoms with Gasteiger partial charge < -0.3 is 0 Å². The molecule has 0 spiro atoms. The second kappa shape index (κ2) is 7.58. The summed E-state index contributed by atoms with van der Waals surface area (Å²) in [7, 11) is -3.75. The van der Waals surface area contributed by atoms with Gasteiger partial charge in [-0.2, -0.15) is 9.61 Å². The molecular weight excluding hydrogens is 414 g/mol. The molecule has 5 rings (SSSR count). The van der Waals surface area contributed by atoms with Crippen LogP contribution in [0.2, 0.25) is 0 Å². The van der Waals surface area contributed by atoms with Gasteiger partial charge in [0.2, 0.25) is 0 Å². The fraction of sp³-hybridized carbons (Fsp3) is 0. The van der Waals surface area contributed by atoms with Gasteiger partial charge in [-0.3, -0.25) is 14.7 Å². The minimum absolute atomic E-state index is 0.0885. The third-order valence-electron chi connectivity index (χ3n) is 4.54. The number of hydrogen-bond acceptors (Lipinski definition) is 7. The number of aromatic nitrogens is 6. The Morgan fingerprint density at radius 2 is 1.61 bits per heavy atom. The van der Waals surface area contributed by atoms with Crippen molar-refractivity contribution >= 4 is 21.4 Å². The summed E-state index contributed by atoms with van der Waals surface area (Å²) < 4.78 is 29.4. The zero-order chi connectivity index (χ0) is 21.3. The first-order chi connectivity index (χ1) is 15.1. The molecule has 0 radical (unpaired) electrons. The number of nitrogens with one attached hydrogen (secondary N) is 1. The maximum absolute atomic E-state index is 12.6. The van der Waals surface area contributed by atoms with E-state index in [1.165, 1.54) is 18.5 Å². The molecule has 0 amide bonds. The molecule has 0 saturated heterocycles. The molecule has 0 saturated carbocycles. The monoisotopic (exact) mass is 429 g/mol. The third kappa shape index (κ3) is 3.71. The van der Waals surface area contributed by atoms with E-state index < -0.39 is 10.0 Å². The predicted octanol–water partition coefficient (Wildman–Crippen LogP) is 3.05. The van der Waals surface area contributed by atoms with E-state index >= 15 is 0 Å². The van der Waals surface area contributed by atoms with Gasteiger partial charge in [-0.1, -0.05) is 12.1 Å². The molecule has 10 heteroatoms. The number of anilines is 1. The lowest BCUT2D eigenvalue weighted by Gasteiger charge is -2.09. The molecule has 0 unspecified atom stereocenters. The summed E-state index contributed by atoms with van der Waals surface area (Å²) in [5.74, 6) is 0.568. The second-order valence-corrected chi connectivity index (χ2v) is 8.31. The van der Waals surface area contributed by atoms with Crippen LogP contribution in [0.5, 0.6) is 0 Å². The van der Waals surface area contributed by atoms with E-state index in [1.807, 2.05) is 30.3 Å². The van der Waals surface area contributed by atoms with Crippen LogP contribution in [-0.2, 0) is 10.0 Å². The van der Waals surface area contributed by atoms with Crippen molar-refractivity contribution in [3.05, 3.63) is 85.5 Å². The molecule has 0 fully saturated rings. The fourth-order valence-electron chi connectivity index (χ4n) is 3.08. The van der Waals surface area contributed by atoms with E-state index in [0.717, 1.165) is 11.1 Å². The van der Waals surface area contributed by atoms with E-state index in [2.05, 4.69) is 30.0 Å². The second-order valence-electron chi connectivity index (χ2n) is 6.63. The molecule has 31 heavy (non-hydrogen) atoms. The lowest BCUT2D eigenvalue weighted by molar-refractivity contribution is 0.601. The van der Waals surface area contributed by atoms with Gasteiger partial charge in [0.25, 0.3) is 10.0 Å². The average molecular weight is 429 g/mol. The maximum atomic E-state index is 12.6. The van der Waals surface area contributed by atoms with Gasteiger partial charge in [0.15, 0.2) is 11.5 Å². The van der Waals surface area contributed by atoms with Crippen molar-refractivity contribution < 1.29 is 8.42 Å². The smallest absolute Gasteiger partial charge is 0.263 e. The number of pyridine rings is 2. The normalized spacial score (nSPS) is 11.5.